The van der Waals surface area contributed by atoms with Crippen molar-refractivity contribution in [2.24, 2.45) is 5.92 Å². The first-order valence-electron chi connectivity index (χ1n) is 6.19. The van der Waals surface area contributed by atoms with Crippen LogP contribution in [0.25, 0.3) is 0 Å². The van der Waals surface area contributed by atoms with Crippen LogP contribution in [0.1, 0.15) is 29.9 Å². The average Bonchev–Trinajstić information content (AvgIpc) is 2.97. The summed E-state index contributed by atoms with van der Waals surface area (Å²) in [5, 5.41) is 4.84. The SMILES string of the molecule is CC(CNC(=O)c1cccs1)CC1(C)OCCO1. The van der Waals surface area contributed by atoms with Gasteiger partial charge in [0.25, 0.3) is 5.91 Å². The molecule has 1 N–H and O–H groups in total. The Labute approximate surface area is 111 Å². The topological polar surface area (TPSA) is 47.6 Å². The Bertz CT molecular complexity index is 385. The number of carbonyl (C=O) groups excluding carboxylic acids is 1. The second-order valence-corrected chi connectivity index (χ2v) is 5.78. The fraction of sp³-hybridized carbons (Fsp3) is 0.615. The highest BCUT2D eigenvalue weighted by molar-refractivity contribution is 7.12. The third-order valence-electron chi connectivity index (χ3n) is 2.97. The molecule has 100 valence electrons. The van der Waals surface area contributed by atoms with Gasteiger partial charge in [-0.2, -0.15) is 0 Å². The monoisotopic (exact) mass is 269 g/mol. The van der Waals surface area contributed by atoms with Crippen molar-refractivity contribution in [3.8, 4) is 0 Å². The molecule has 1 aromatic heterocycles. The van der Waals surface area contributed by atoms with E-state index in [0.717, 1.165) is 11.3 Å². The number of hydrogen-bond acceptors (Lipinski definition) is 4. The third-order valence-corrected chi connectivity index (χ3v) is 3.84. The molecule has 1 saturated heterocycles. The number of rotatable bonds is 5. The molecule has 1 aliphatic heterocycles. The number of amides is 1. The van der Waals surface area contributed by atoms with Crippen molar-refractivity contribution in [2.75, 3.05) is 19.8 Å². The van der Waals surface area contributed by atoms with Gasteiger partial charge >= 0.3 is 0 Å². The lowest BCUT2D eigenvalue weighted by Gasteiger charge is -2.25. The Morgan fingerprint density at radius 3 is 2.89 bits per heavy atom. The highest BCUT2D eigenvalue weighted by Crippen LogP contribution is 2.26. The van der Waals surface area contributed by atoms with Crippen molar-refractivity contribution in [1.29, 1.82) is 0 Å². The smallest absolute Gasteiger partial charge is 0.261 e. The van der Waals surface area contributed by atoms with Gasteiger partial charge in [0.1, 0.15) is 0 Å². The van der Waals surface area contributed by atoms with Crippen molar-refractivity contribution < 1.29 is 14.3 Å². The number of hydrogen-bond donors (Lipinski definition) is 1. The van der Waals surface area contributed by atoms with Crippen LogP contribution in [0.4, 0.5) is 0 Å². The molecule has 0 aliphatic carbocycles. The molecule has 2 heterocycles. The average molecular weight is 269 g/mol. The lowest BCUT2D eigenvalue weighted by Crippen LogP contribution is -2.34. The molecule has 0 saturated carbocycles. The molecule has 4 nitrogen and oxygen atoms in total. The maximum Gasteiger partial charge on any atom is 0.261 e. The van der Waals surface area contributed by atoms with Crippen molar-refractivity contribution in [3.63, 3.8) is 0 Å². The van der Waals surface area contributed by atoms with Gasteiger partial charge in [0.15, 0.2) is 5.79 Å². The van der Waals surface area contributed by atoms with E-state index in [0.29, 0.717) is 25.7 Å². The van der Waals surface area contributed by atoms with Crippen LogP contribution in [-0.2, 0) is 9.47 Å². The quantitative estimate of drug-likeness (QED) is 0.892. The molecule has 1 fully saturated rings. The van der Waals surface area contributed by atoms with Crippen molar-refractivity contribution in [2.45, 2.75) is 26.1 Å². The first-order chi connectivity index (χ1) is 8.59. The van der Waals surface area contributed by atoms with Crippen LogP contribution in [0.2, 0.25) is 0 Å². The lowest BCUT2D eigenvalue weighted by atomic mass is 10.0. The first-order valence-corrected chi connectivity index (χ1v) is 7.07. The third kappa shape index (κ3) is 3.54. The van der Waals surface area contributed by atoms with E-state index in [-0.39, 0.29) is 5.91 Å². The summed E-state index contributed by atoms with van der Waals surface area (Å²) in [7, 11) is 0. The molecular weight excluding hydrogens is 250 g/mol. The van der Waals surface area contributed by atoms with Crippen LogP contribution in [-0.4, -0.2) is 31.5 Å². The normalized spacial score (nSPS) is 19.7. The van der Waals surface area contributed by atoms with Crippen molar-refractivity contribution in [3.05, 3.63) is 22.4 Å². The molecule has 0 aromatic carbocycles. The maximum absolute atomic E-state index is 11.8. The highest BCUT2D eigenvalue weighted by Gasteiger charge is 2.32. The Kier molecular flexibility index (Phi) is 4.37. The van der Waals surface area contributed by atoms with Gasteiger partial charge in [0.2, 0.25) is 0 Å². The summed E-state index contributed by atoms with van der Waals surface area (Å²) in [6.45, 7) is 6.00. The predicted octanol–water partition coefficient (Wildman–Crippen LogP) is 2.27. The molecule has 18 heavy (non-hydrogen) atoms. The summed E-state index contributed by atoms with van der Waals surface area (Å²) >= 11 is 1.45. The van der Waals surface area contributed by atoms with Gasteiger partial charge < -0.3 is 14.8 Å². The Balaban J connectivity index is 1.74. The molecule has 1 amide bonds. The fourth-order valence-corrected chi connectivity index (χ4v) is 2.78. The first kappa shape index (κ1) is 13.5. The van der Waals surface area contributed by atoms with Crippen LogP contribution >= 0.6 is 11.3 Å². The van der Waals surface area contributed by atoms with Gasteiger partial charge in [0.05, 0.1) is 18.1 Å². The predicted molar refractivity (Wildman–Crippen MR) is 70.7 cm³/mol. The second-order valence-electron chi connectivity index (χ2n) is 4.83. The molecule has 0 bridgehead atoms. The summed E-state index contributed by atoms with van der Waals surface area (Å²) in [4.78, 5) is 12.5. The minimum absolute atomic E-state index is 0.00439. The molecule has 2 rings (SSSR count). The summed E-state index contributed by atoms with van der Waals surface area (Å²) < 4.78 is 11.1. The summed E-state index contributed by atoms with van der Waals surface area (Å²) in [6, 6.07) is 3.71. The van der Waals surface area contributed by atoms with E-state index in [1.807, 2.05) is 24.4 Å². The minimum atomic E-state index is -0.479. The molecular formula is C13H19NO3S. The van der Waals surface area contributed by atoms with E-state index in [2.05, 4.69) is 12.2 Å². The Hall–Kier alpha value is -0.910. The van der Waals surface area contributed by atoms with E-state index < -0.39 is 5.79 Å². The van der Waals surface area contributed by atoms with Gasteiger partial charge in [-0.1, -0.05) is 13.0 Å². The zero-order valence-corrected chi connectivity index (χ0v) is 11.6. The lowest BCUT2D eigenvalue weighted by molar-refractivity contribution is -0.153. The molecule has 1 aliphatic rings. The van der Waals surface area contributed by atoms with Crippen LogP contribution in [0, 0.1) is 5.92 Å². The largest absolute Gasteiger partial charge is 0.351 e. The van der Waals surface area contributed by atoms with E-state index in [1.165, 1.54) is 11.3 Å². The zero-order chi connectivity index (χ0) is 13.0. The summed E-state index contributed by atoms with van der Waals surface area (Å²) in [6.07, 6.45) is 0.789. The molecule has 0 spiro atoms. The van der Waals surface area contributed by atoms with Crippen LogP contribution in [0.5, 0.6) is 0 Å². The zero-order valence-electron chi connectivity index (χ0n) is 10.8. The van der Waals surface area contributed by atoms with Gasteiger partial charge in [-0.3, -0.25) is 4.79 Å². The second kappa shape index (κ2) is 5.82. The van der Waals surface area contributed by atoms with Crippen molar-refractivity contribution in [1.82, 2.24) is 5.32 Å². The Morgan fingerprint density at radius 1 is 1.56 bits per heavy atom. The molecule has 1 atom stereocenters. The summed E-state index contributed by atoms with van der Waals surface area (Å²) in [5.74, 6) is -0.167. The van der Waals surface area contributed by atoms with E-state index in [4.69, 9.17) is 9.47 Å². The fourth-order valence-electron chi connectivity index (χ4n) is 2.14. The van der Waals surface area contributed by atoms with Gasteiger partial charge in [-0.05, 0) is 24.3 Å². The maximum atomic E-state index is 11.8. The van der Waals surface area contributed by atoms with Crippen LogP contribution in [0.3, 0.4) is 0 Å². The van der Waals surface area contributed by atoms with E-state index in [9.17, 15) is 4.79 Å². The summed E-state index contributed by atoms with van der Waals surface area (Å²) in [5.41, 5.74) is 0. The standard InChI is InChI=1S/C13H19NO3S/c1-10(8-13(2)16-5-6-17-13)9-14-12(15)11-4-3-7-18-11/h3-4,7,10H,5-6,8-9H2,1-2H3,(H,14,15). The molecule has 1 unspecified atom stereocenters. The van der Waals surface area contributed by atoms with Crippen LogP contribution in [0.15, 0.2) is 17.5 Å². The molecule has 5 heteroatoms. The molecule has 1 aromatic rings. The molecule has 0 radical (unpaired) electrons. The highest BCUT2D eigenvalue weighted by atomic mass is 32.1. The minimum Gasteiger partial charge on any atom is -0.351 e. The van der Waals surface area contributed by atoms with Gasteiger partial charge in [-0.15, -0.1) is 11.3 Å². The van der Waals surface area contributed by atoms with Gasteiger partial charge in [0, 0.05) is 13.0 Å². The van der Waals surface area contributed by atoms with Crippen LogP contribution < -0.4 is 5.32 Å². The number of ether oxygens (including phenoxy) is 2. The van der Waals surface area contributed by atoms with Gasteiger partial charge in [-0.25, -0.2) is 0 Å². The van der Waals surface area contributed by atoms with E-state index in [1.54, 1.807) is 0 Å². The van der Waals surface area contributed by atoms with Crippen molar-refractivity contribution >= 4 is 17.2 Å². The number of nitrogens with one attached hydrogen (secondary N) is 1. The number of carbonyl (C=O) groups is 1. The van der Waals surface area contributed by atoms with E-state index >= 15 is 0 Å². The number of thiophene rings is 1. The Morgan fingerprint density at radius 2 is 2.28 bits per heavy atom.